The zero-order valence-corrected chi connectivity index (χ0v) is 9.72. The molecule has 0 spiro atoms. The van der Waals surface area contributed by atoms with Gasteiger partial charge < -0.3 is 5.32 Å². The molecule has 0 saturated carbocycles. The van der Waals surface area contributed by atoms with Crippen LogP contribution in [0.25, 0.3) is 0 Å². The number of allylic oxidation sites excluding steroid dienone is 1. The van der Waals surface area contributed by atoms with Crippen LogP contribution in [0.15, 0.2) is 30.4 Å². The van der Waals surface area contributed by atoms with Crippen LogP contribution in [0.1, 0.15) is 24.0 Å². The molecule has 2 rings (SSSR count). The summed E-state index contributed by atoms with van der Waals surface area (Å²) in [6.45, 7) is 2.97. The molecule has 0 fully saturated rings. The third-order valence-electron chi connectivity index (χ3n) is 2.80. The molecule has 15 heavy (non-hydrogen) atoms. The van der Waals surface area contributed by atoms with Gasteiger partial charge in [0, 0.05) is 17.6 Å². The molecule has 2 heteroatoms. The van der Waals surface area contributed by atoms with Crippen molar-refractivity contribution >= 4 is 11.6 Å². The standard InChI is InChI=1S/C13H16ClN/c1-10-8-11(6-7-13(10)14)9-15-12-4-2-3-5-12/h2,4,6-8,12,15H,3,5,9H2,1H3. The van der Waals surface area contributed by atoms with Crippen molar-refractivity contribution < 1.29 is 0 Å². The summed E-state index contributed by atoms with van der Waals surface area (Å²) in [6.07, 6.45) is 6.93. The third-order valence-corrected chi connectivity index (χ3v) is 3.23. The topological polar surface area (TPSA) is 12.0 Å². The molecule has 0 aliphatic heterocycles. The van der Waals surface area contributed by atoms with Crippen molar-refractivity contribution in [2.45, 2.75) is 32.4 Å². The molecule has 1 aliphatic carbocycles. The lowest BCUT2D eigenvalue weighted by atomic mass is 10.1. The average Bonchev–Trinajstić information content (AvgIpc) is 2.73. The van der Waals surface area contributed by atoms with Crippen molar-refractivity contribution in [3.8, 4) is 0 Å². The first-order chi connectivity index (χ1) is 7.25. The molecular weight excluding hydrogens is 206 g/mol. The minimum absolute atomic E-state index is 0.556. The smallest absolute Gasteiger partial charge is 0.0435 e. The first-order valence-electron chi connectivity index (χ1n) is 5.41. The van der Waals surface area contributed by atoms with Crippen molar-refractivity contribution in [1.29, 1.82) is 0 Å². The molecule has 1 aromatic carbocycles. The summed E-state index contributed by atoms with van der Waals surface area (Å²) in [7, 11) is 0. The number of aryl methyl sites for hydroxylation is 1. The predicted octanol–water partition coefficient (Wildman–Crippen LogP) is 3.46. The van der Waals surface area contributed by atoms with Crippen LogP contribution in [0.3, 0.4) is 0 Å². The summed E-state index contributed by atoms with van der Waals surface area (Å²) >= 11 is 5.98. The van der Waals surface area contributed by atoms with Crippen molar-refractivity contribution in [3.63, 3.8) is 0 Å². The summed E-state index contributed by atoms with van der Waals surface area (Å²) in [4.78, 5) is 0. The summed E-state index contributed by atoms with van der Waals surface area (Å²) in [6, 6.07) is 6.76. The molecule has 0 aromatic heterocycles. The Hall–Kier alpha value is -0.790. The first-order valence-corrected chi connectivity index (χ1v) is 5.78. The van der Waals surface area contributed by atoms with E-state index in [2.05, 4.69) is 29.6 Å². The van der Waals surface area contributed by atoms with Gasteiger partial charge in [0.05, 0.1) is 0 Å². The second-order valence-electron chi connectivity index (χ2n) is 4.08. The van der Waals surface area contributed by atoms with Crippen molar-refractivity contribution in [1.82, 2.24) is 5.32 Å². The Bertz CT molecular complexity index is 371. The first kappa shape index (κ1) is 10.7. The molecule has 1 nitrogen and oxygen atoms in total. The van der Waals surface area contributed by atoms with Crippen LogP contribution >= 0.6 is 11.6 Å². The summed E-state index contributed by atoms with van der Waals surface area (Å²) < 4.78 is 0. The molecule has 1 unspecified atom stereocenters. The Kier molecular flexibility index (Phi) is 3.45. The molecule has 0 saturated heterocycles. The fourth-order valence-corrected chi connectivity index (χ4v) is 1.99. The highest BCUT2D eigenvalue weighted by atomic mass is 35.5. The Labute approximate surface area is 96.1 Å². The van der Waals surface area contributed by atoms with E-state index < -0.39 is 0 Å². The Morgan fingerprint density at radius 2 is 2.33 bits per heavy atom. The zero-order valence-electron chi connectivity index (χ0n) is 8.96. The van der Waals surface area contributed by atoms with E-state index in [1.54, 1.807) is 0 Å². The van der Waals surface area contributed by atoms with Crippen LogP contribution in [0.2, 0.25) is 5.02 Å². The lowest BCUT2D eigenvalue weighted by Crippen LogP contribution is -2.24. The Balaban J connectivity index is 1.93. The van der Waals surface area contributed by atoms with Gasteiger partial charge in [-0.1, -0.05) is 35.9 Å². The average molecular weight is 222 g/mol. The lowest BCUT2D eigenvalue weighted by molar-refractivity contribution is 0.582. The van der Waals surface area contributed by atoms with Crippen LogP contribution in [-0.4, -0.2) is 6.04 Å². The van der Waals surface area contributed by atoms with E-state index in [1.807, 2.05) is 13.0 Å². The molecule has 0 bridgehead atoms. The van der Waals surface area contributed by atoms with Crippen LogP contribution in [0.4, 0.5) is 0 Å². The molecule has 80 valence electrons. The van der Waals surface area contributed by atoms with Crippen LogP contribution in [-0.2, 0) is 6.54 Å². The SMILES string of the molecule is Cc1cc(CNC2C=CCC2)ccc1Cl. The van der Waals surface area contributed by atoms with Gasteiger partial charge >= 0.3 is 0 Å². The van der Waals surface area contributed by atoms with E-state index in [0.717, 1.165) is 17.1 Å². The molecule has 1 aliphatic rings. The number of halogens is 1. The van der Waals surface area contributed by atoms with E-state index >= 15 is 0 Å². The van der Waals surface area contributed by atoms with E-state index in [0.29, 0.717) is 6.04 Å². The van der Waals surface area contributed by atoms with E-state index in [9.17, 15) is 0 Å². The number of benzene rings is 1. The fourth-order valence-electron chi connectivity index (χ4n) is 1.87. The van der Waals surface area contributed by atoms with Gasteiger partial charge in [-0.25, -0.2) is 0 Å². The maximum atomic E-state index is 5.98. The highest BCUT2D eigenvalue weighted by Crippen LogP contribution is 2.17. The monoisotopic (exact) mass is 221 g/mol. The lowest BCUT2D eigenvalue weighted by Gasteiger charge is -2.11. The minimum Gasteiger partial charge on any atom is -0.306 e. The Morgan fingerprint density at radius 3 is 3.00 bits per heavy atom. The van der Waals surface area contributed by atoms with Crippen molar-refractivity contribution in [3.05, 3.63) is 46.5 Å². The van der Waals surface area contributed by atoms with Crippen molar-refractivity contribution in [2.75, 3.05) is 0 Å². The van der Waals surface area contributed by atoms with E-state index in [4.69, 9.17) is 11.6 Å². The highest BCUT2D eigenvalue weighted by molar-refractivity contribution is 6.31. The van der Waals surface area contributed by atoms with E-state index in [1.165, 1.54) is 18.4 Å². The second-order valence-corrected chi connectivity index (χ2v) is 4.48. The molecular formula is C13H16ClN. The highest BCUT2D eigenvalue weighted by Gasteiger charge is 2.07. The minimum atomic E-state index is 0.556. The second kappa shape index (κ2) is 4.82. The molecule has 1 aromatic rings. The van der Waals surface area contributed by atoms with Crippen LogP contribution < -0.4 is 5.32 Å². The number of hydrogen-bond acceptors (Lipinski definition) is 1. The summed E-state index contributed by atoms with van der Waals surface area (Å²) in [5, 5.41) is 4.36. The maximum Gasteiger partial charge on any atom is 0.0435 e. The quantitative estimate of drug-likeness (QED) is 0.771. The molecule has 0 heterocycles. The molecule has 0 amide bonds. The largest absolute Gasteiger partial charge is 0.306 e. The van der Waals surface area contributed by atoms with Gasteiger partial charge in [0.2, 0.25) is 0 Å². The van der Waals surface area contributed by atoms with Gasteiger partial charge in [-0.3, -0.25) is 0 Å². The predicted molar refractivity (Wildman–Crippen MR) is 65.2 cm³/mol. The maximum absolute atomic E-state index is 5.98. The summed E-state index contributed by atoms with van der Waals surface area (Å²) in [5.74, 6) is 0. The fraction of sp³-hybridized carbons (Fsp3) is 0.385. The van der Waals surface area contributed by atoms with Gasteiger partial charge in [0.1, 0.15) is 0 Å². The normalized spacial score (nSPS) is 19.7. The number of hydrogen-bond donors (Lipinski definition) is 1. The molecule has 0 radical (unpaired) electrons. The van der Waals surface area contributed by atoms with E-state index in [-0.39, 0.29) is 0 Å². The van der Waals surface area contributed by atoms with Gasteiger partial charge in [0.15, 0.2) is 0 Å². The zero-order chi connectivity index (χ0) is 10.7. The third kappa shape index (κ3) is 2.83. The molecule has 1 atom stereocenters. The number of nitrogens with one attached hydrogen (secondary N) is 1. The van der Waals surface area contributed by atoms with Gasteiger partial charge in [0.25, 0.3) is 0 Å². The van der Waals surface area contributed by atoms with Crippen LogP contribution in [0, 0.1) is 6.92 Å². The number of rotatable bonds is 3. The summed E-state index contributed by atoms with van der Waals surface area (Å²) in [5.41, 5.74) is 2.45. The van der Waals surface area contributed by atoms with Crippen molar-refractivity contribution in [2.24, 2.45) is 0 Å². The van der Waals surface area contributed by atoms with Gasteiger partial charge in [-0.05, 0) is 37.0 Å². The van der Waals surface area contributed by atoms with Gasteiger partial charge in [-0.15, -0.1) is 0 Å². The van der Waals surface area contributed by atoms with Gasteiger partial charge in [-0.2, -0.15) is 0 Å². The van der Waals surface area contributed by atoms with Crippen LogP contribution in [0.5, 0.6) is 0 Å². The molecule has 1 N–H and O–H groups in total. The Morgan fingerprint density at radius 1 is 1.47 bits per heavy atom.